The van der Waals surface area contributed by atoms with Crippen LogP contribution in [0, 0.1) is 0 Å². The fourth-order valence-electron chi connectivity index (χ4n) is 2.01. The molecule has 0 radical (unpaired) electrons. The molecule has 0 aromatic heterocycles. The zero-order chi connectivity index (χ0) is 14.3. The summed E-state index contributed by atoms with van der Waals surface area (Å²) >= 11 is 0. The monoisotopic (exact) mass is 268 g/mol. The number of carbonyl (C=O) groups is 1. The average Bonchev–Trinajstić information content (AvgIpc) is 2.39. The Morgan fingerprint density at radius 2 is 1.95 bits per heavy atom. The third-order valence-corrected chi connectivity index (χ3v) is 2.85. The molecular weight excluding hydrogens is 248 g/mol. The van der Waals surface area contributed by atoms with E-state index in [2.05, 4.69) is 0 Å². The Kier molecular flexibility index (Phi) is 6.15. The maximum atomic E-state index is 10.5. The Balaban J connectivity index is 2.97. The normalized spacial score (nSPS) is 10.3. The number of hydrogen-bond donors (Lipinski definition) is 1. The van der Waals surface area contributed by atoms with Crippen molar-refractivity contribution in [3.63, 3.8) is 0 Å². The van der Waals surface area contributed by atoms with Gasteiger partial charge in [0.05, 0.1) is 26.4 Å². The van der Waals surface area contributed by atoms with Crippen LogP contribution < -0.4 is 9.47 Å². The Hall–Kier alpha value is -1.75. The predicted octanol–water partition coefficient (Wildman–Crippen LogP) is 2.26. The van der Waals surface area contributed by atoms with Crippen molar-refractivity contribution in [3.05, 3.63) is 23.3 Å². The van der Waals surface area contributed by atoms with Crippen LogP contribution in [-0.2, 0) is 22.6 Å². The van der Waals surface area contributed by atoms with Crippen LogP contribution in [0.25, 0.3) is 0 Å². The molecule has 1 aromatic carbocycles. The predicted molar refractivity (Wildman–Crippen MR) is 70.8 cm³/mol. The van der Waals surface area contributed by atoms with Gasteiger partial charge in [0, 0.05) is 13.5 Å². The van der Waals surface area contributed by atoms with Crippen molar-refractivity contribution in [2.45, 2.75) is 25.9 Å². The number of ether oxygens (including phenoxy) is 3. The lowest BCUT2D eigenvalue weighted by molar-refractivity contribution is -0.137. The largest absolute Gasteiger partial charge is 0.496 e. The molecule has 0 heterocycles. The Morgan fingerprint density at radius 1 is 1.21 bits per heavy atom. The highest BCUT2D eigenvalue weighted by molar-refractivity contribution is 5.66. The van der Waals surface area contributed by atoms with Crippen molar-refractivity contribution in [1.29, 1.82) is 0 Å². The van der Waals surface area contributed by atoms with E-state index in [4.69, 9.17) is 19.3 Å². The third-order valence-electron chi connectivity index (χ3n) is 2.85. The Bertz CT molecular complexity index is 428. The number of aryl methyl sites for hydroxylation is 1. The summed E-state index contributed by atoms with van der Waals surface area (Å²) < 4.78 is 15.9. The topological polar surface area (TPSA) is 65.0 Å². The molecule has 106 valence electrons. The molecule has 0 aliphatic rings. The van der Waals surface area contributed by atoms with E-state index in [1.807, 2.05) is 12.1 Å². The highest BCUT2D eigenvalue weighted by atomic mass is 16.5. The van der Waals surface area contributed by atoms with Gasteiger partial charge in [0.15, 0.2) is 0 Å². The number of hydrogen-bond acceptors (Lipinski definition) is 4. The quantitative estimate of drug-likeness (QED) is 0.783. The van der Waals surface area contributed by atoms with Crippen molar-refractivity contribution in [3.8, 4) is 11.5 Å². The van der Waals surface area contributed by atoms with E-state index >= 15 is 0 Å². The van der Waals surface area contributed by atoms with Crippen molar-refractivity contribution >= 4 is 5.97 Å². The van der Waals surface area contributed by atoms with Crippen molar-refractivity contribution in [1.82, 2.24) is 0 Å². The third kappa shape index (κ3) is 4.13. The zero-order valence-corrected chi connectivity index (χ0v) is 11.6. The van der Waals surface area contributed by atoms with E-state index in [1.165, 1.54) is 0 Å². The van der Waals surface area contributed by atoms with Crippen LogP contribution in [0.15, 0.2) is 12.1 Å². The fourth-order valence-corrected chi connectivity index (χ4v) is 2.01. The summed E-state index contributed by atoms with van der Waals surface area (Å²) in [6, 6.07) is 3.76. The number of benzene rings is 1. The first-order chi connectivity index (χ1) is 9.13. The first-order valence-electron chi connectivity index (χ1n) is 6.07. The molecule has 0 saturated heterocycles. The second-order valence-electron chi connectivity index (χ2n) is 4.12. The molecule has 0 aliphatic heterocycles. The number of carboxylic acids is 1. The molecule has 0 fully saturated rings. The molecule has 0 saturated carbocycles. The molecular formula is C14H20O5. The molecule has 1 N–H and O–H groups in total. The van der Waals surface area contributed by atoms with Gasteiger partial charge in [-0.3, -0.25) is 4.79 Å². The lowest BCUT2D eigenvalue weighted by Crippen LogP contribution is -2.03. The highest BCUT2D eigenvalue weighted by Crippen LogP contribution is 2.33. The first kappa shape index (κ1) is 15.3. The standard InChI is InChI=1S/C14H20O5/c1-17-9-11-12(18-2)8-7-10(14(11)19-3)5-4-6-13(15)16/h7-8H,4-6,9H2,1-3H3,(H,15,16). The summed E-state index contributed by atoms with van der Waals surface area (Å²) in [5, 5.41) is 8.67. The van der Waals surface area contributed by atoms with Gasteiger partial charge in [-0.15, -0.1) is 0 Å². The van der Waals surface area contributed by atoms with Crippen molar-refractivity contribution in [2.24, 2.45) is 0 Å². The molecule has 5 nitrogen and oxygen atoms in total. The average molecular weight is 268 g/mol. The summed E-state index contributed by atoms with van der Waals surface area (Å²) in [5.41, 5.74) is 1.82. The van der Waals surface area contributed by atoms with Gasteiger partial charge in [-0.2, -0.15) is 0 Å². The Morgan fingerprint density at radius 3 is 2.47 bits per heavy atom. The van der Waals surface area contributed by atoms with Gasteiger partial charge in [0.25, 0.3) is 0 Å². The van der Waals surface area contributed by atoms with E-state index < -0.39 is 5.97 Å². The van der Waals surface area contributed by atoms with E-state index in [1.54, 1.807) is 21.3 Å². The fraction of sp³-hybridized carbons (Fsp3) is 0.500. The molecule has 19 heavy (non-hydrogen) atoms. The van der Waals surface area contributed by atoms with Gasteiger partial charge in [-0.05, 0) is 24.5 Å². The lowest BCUT2D eigenvalue weighted by atomic mass is 10.0. The molecule has 1 rings (SSSR count). The van der Waals surface area contributed by atoms with Crippen LogP contribution in [0.4, 0.5) is 0 Å². The second-order valence-corrected chi connectivity index (χ2v) is 4.12. The van der Waals surface area contributed by atoms with Gasteiger partial charge in [-0.25, -0.2) is 0 Å². The lowest BCUT2D eigenvalue weighted by Gasteiger charge is -2.16. The minimum Gasteiger partial charge on any atom is -0.496 e. The summed E-state index contributed by atoms with van der Waals surface area (Å²) in [5.74, 6) is 0.636. The maximum Gasteiger partial charge on any atom is 0.303 e. The van der Waals surface area contributed by atoms with E-state index in [0.717, 1.165) is 11.1 Å². The molecule has 1 aromatic rings. The minimum absolute atomic E-state index is 0.148. The van der Waals surface area contributed by atoms with Crippen LogP contribution in [0.1, 0.15) is 24.0 Å². The number of aliphatic carboxylic acids is 1. The smallest absolute Gasteiger partial charge is 0.303 e. The second kappa shape index (κ2) is 7.63. The number of methoxy groups -OCH3 is 3. The van der Waals surface area contributed by atoms with Crippen LogP contribution in [-0.4, -0.2) is 32.4 Å². The number of rotatable bonds is 8. The molecule has 5 heteroatoms. The SMILES string of the molecule is COCc1c(OC)ccc(CCCC(=O)O)c1OC. The van der Waals surface area contributed by atoms with Crippen molar-refractivity contribution in [2.75, 3.05) is 21.3 Å². The molecule has 0 amide bonds. The van der Waals surface area contributed by atoms with Crippen LogP contribution in [0.3, 0.4) is 0 Å². The molecule has 0 spiro atoms. The van der Waals surface area contributed by atoms with Gasteiger partial charge in [0.2, 0.25) is 0 Å². The van der Waals surface area contributed by atoms with Gasteiger partial charge >= 0.3 is 5.97 Å². The number of carboxylic acid groups (broad SMARTS) is 1. The van der Waals surface area contributed by atoms with Gasteiger partial charge in [0.1, 0.15) is 11.5 Å². The Labute approximate surface area is 113 Å². The molecule has 0 aliphatic carbocycles. The molecule has 0 bridgehead atoms. The summed E-state index contributed by atoms with van der Waals surface area (Å²) in [6.45, 7) is 0.388. The van der Waals surface area contributed by atoms with Gasteiger partial charge < -0.3 is 19.3 Å². The van der Waals surface area contributed by atoms with Crippen molar-refractivity contribution < 1.29 is 24.1 Å². The zero-order valence-electron chi connectivity index (χ0n) is 11.6. The van der Waals surface area contributed by atoms with E-state index in [9.17, 15) is 4.79 Å². The van der Waals surface area contributed by atoms with Crippen LogP contribution in [0.2, 0.25) is 0 Å². The molecule has 0 atom stereocenters. The summed E-state index contributed by atoms with van der Waals surface area (Å²) in [4.78, 5) is 10.5. The van der Waals surface area contributed by atoms with Gasteiger partial charge in [-0.1, -0.05) is 6.07 Å². The minimum atomic E-state index is -0.787. The van der Waals surface area contributed by atoms with Crippen LogP contribution in [0.5, 0.6) is 11.5 Å². The summed E-state index contributed by atoms with van der Waals surface area (Å²) in [7, 11) is 4.79. The van der Waals surface area contributed by atoms with E-state index in [0.29, 0.717) is 30.9 Å². The maximum absolute atomic E-state index is 10.5. The highest BCUT2D eigenvalue weighted by Gasteiger charge is 2.14. The first-order valence-corrected chi connectivity index (χ1v) is 6.07. The summed E-state index contributed by atoms with van der Waals surface area (Å²) in [6.07, 6.45) is 1.37. The molecule has 0 unspecified atom stereocenters. The van der Waals surface area contributed by atoms with Crippen LogP contribution >= 0.6 is 0 Å². The van der Waals surface area contributed by atoms with E-state index in [-0.39, 0.29) is 6.42 Å².